The minimum absolute atomic E-state index is 0.237. The van der Waals surface area contributed by atoms with Crippen LogP contribution in [0.5, 0.6) is 0 Å². The Morgan fingerprint density at radius 2 is 1.74 bits per heavy atom. The van der Waals surface area contributed by atoms with Gasteiger partial charge in [0.15, 0.2) is 5.92 Å². The van der Waals surface area contributed by atoms with Gasteiger partial charge in [-0.05, 0) is 38.3 Å². The molecule has 0 aliphatic rings. The van der Waals surface area contributed by atoms with E-state index in [1.165, 1.54) is 0 Å². The molecule has 5 nitrogen and oxygen atoms in total. The average molecular weight is 265 g/mol. The van der Waals surface area contributed by atoms with Gasteiger partial charge in [-0.3, -0.25) is 14.6 Å². The molecule has 0 unspecified atom stereocenters. The lowest BCUT2D eigenvalue weighted by atomic mass is 10.00. The van der Waals surface area contributed by atoms with E-state index in [2.05, 4.69) is 4.98 Å². The average Bonchev–Trinajstić information content (AvgIpc) is 2.36. The first-order valence-electron chi connectivity index (χ1n) is 6.32. The van der Waals surface area contributed by atoms with Gasteiger partial charge in [-0.15, -0.1) is 0 Å². The van der Waals surface area contributed by atoms with Crippen LogP contribution < -0.4 is 0 Å². The maximum atomic E-state index is 11.8. The summed E-state index contributed by atoms with van der Waals surface area (Å²) in [5.74, 6) is -2.03. The Hall–Kier alpha value is -1.91. The first-order valence-corrected chi connectivity index (χ1v) is 6.32. The lowest BCUT2D eigenvalue weighted by Crippen LogP contribution is -2.30. The largest absolute Gasteiger partial charge is 0.465 e. The van der Waals surface area contributed by atoms with Crippen molar-refractivity contribution in [3.8, 4) is 0 Å². The summed E-state index contributed by atoms with van der Waals surface area (Å²) in [6.07, 6.45) is 3.60. The maximum Gasteiger partial charge on any atom is 0.320 e. The van der Waals surface area contributed by atoms with Gasteiger partial charge in [0.05, 0.1) is 13.2 Å². The van der Waals surface area contributed by atoms with Crippen LogP contribution in [-0.2, 0) is 25.5 Å². The summed E-state index contributed by atoms with van der Waals surface area (Å²) < 4.78 is 9.83. The molecule has 1 aromatic rings. The Balaban J connectivity index is 2.84. The zero-order chi connectivity index (χ0) is 14.3. The van der Waals surface area contributed by atoms with Gasteiger partial charge in [-0.2, -0.15) is 0 Å². The van der Waals surface area contributed by atoms with Crippen molar-refractivity contribution in [1.82, 2.24) is 4.98 Å². The number of hydrogen-bond acceptors (Lipinski definition) is 5. The van der Waals surface area contributed by atoms with Gasteiger partial charge in [-0.25, -0.2) is 0 Å². The molecule has 19 heavy (non-hydrogen) atoms. The van der Waals surface area contributed by atoms with Crippen molar-refractivity contribution < 1.29 is 19.1 Å². The SMILES string of the molecule is CCOC(=O)C(Cc1cncc(C)c1)C(=O)OCC. The third kappa shape index (κ3) is 4.69. The highest BCUT2D eigenvalue weighted by Crippen LogP contribution is 2.13. The summed E-state index contributed by atoms with van der Waals surface area (Å²) in [4.78, 5) is 27.7. The highest BCUT2D eigenvalue weighted by Gasteiger charge is 2.29. The topological polar surface area (TPSA) is 65.5 Å². The van der Waals surface area contributed by atoms with Crippen LogP contribution >= 0.6 is 0 Å². The standard InChI is InChI=1S/C14H19NO4/c1-4-18-13(16)12(14(17)19-5-2)7-11-6-10(3)8-15-9-11/h6,8-9,12H,4-5,7H2,1-3H3. The Labute approximate surface area is 112 Å². The quantitative estimate of drug-likeness (QED) is 0.578. The molecule has 0 aliphatic heterocycles. The molecule has 0 atom stereocenters. The first kappa shape index (κ1) is 15.1. The molecule has 1 heterocycles. The van der Waals surface area contributed by atoms with Crippen molar-refractivity contribution in [3.63, 3.8) is 0 Å². The van der Waals surface area contributed by atoms with Crippen LogP contribution in [-0.4, -0.2) is 30.1 Å². The van der Waals surface area contributed by atoms with E-state index in [9.17, 15) is 9.59 Å². The van der Waals surface area contributed by atoms with E-state index in [1.54, 1.807) is 26.2 Å². The minimum Gasteiger partial charge on any atom is -0.465 e. The van der Waals surface area contributed by atoms with E-state index in [1.807, 2.05) is 13.0 Å². The zero-order valence-corrected chi connectivity index (χ0v) is 11.5. The van der Waals surface area contributed by atoms with Crippen LogP contribution in [0.15, 0.2) is 18.5 Å². The third-order valence-electron chi connectivity index (χ3n) is 2.51. The van der Waals surface area contributed by atoms with Crippen molar-refractivity contribution >= 4 is 11.9 Å². The van der Waals surface area contributed by atoms with Crippen LogP contribution in [0.1, 0.15) is 25.0 Å². The van der Waals surface area contributed by atoms with Gasteiger partial charge >= 0.3 is 11.9 Å². The fourth-order valence-electron chi connectivity index (χ4n) is 1.71. The summed E-state index contributed by atoms with van der Waals surface area (Å²) in [5.41, 5.74) is 1.79. The van der Waals surface area contributed by atoms with Crippen molar-refractivity contribution in [2.24, 2.45) is 5.92 Å². The van der Waals surface area contributed by atoms with Crippen molar-refractivity contribution in [2.75, 3.05) is 13.2 Å². The predicted octanol–water partition coefficient (Wildman–Crippen LogP) is 1.67. The summed E-state index contributed by atoms with van der Waals surface area (Å²) in [6.45, 7) is 5.78. The monoisotopic (exact) mass is 265 g/mol. The molecule has 104 valence electrons. The summed E-state index contributed by atoms with van der Waals surface area (Å²) in [5, 5.41) is 0. The molecule has 0 spiro atoms. The number of nitrogens with zero attached hydrogens (tertiary/aromatic N) is 1. The summed E-state index contributed by atoms with van der Waals surface area (Å²) in [7, 11) is 0. The highest BCUT2D eigenvalue weighted by atomic mass is 16.6. The predicted molar refractivity (Wildman–Crippen MR) is 69.4 cm³/mol. The van der Waals surface area contributed by atoms with Crippen molar-refractivity contribution in [3.05, 3.63) is 29.6 Å². The molecule has 1 aromatic heterocycles. The lowest BCUT2D eigenvalue weighted by Gasteiger charge is -2.14. The van der Waals surface area contributed by atoms with Crippen LogP contribution in [0.2, 0.25) is 0 Å². The Morgan fingerprint density at radius 1 is 1.16 bits per heavy atom. The molecule has 0 fully saturated rings. The fourth-order valence-corrected chi connectivity index (χ4v) is 1.71. The van der Waals surface area contributed by atoms with E-state index in [4.69, 9.17) is 9.47 Å². The van der Waals surface area contributed by atoms with Gasteiger partial charge in [0.1, 0.15) is 0 Å². The number of esters is 2. The number of ether oxygens (including phenoxy) is 2. The molecule has 0 N–H and O–H groups in total. The molecule has 0 bridgehead atoms. The number of carbonyl (C=O) groups is 2. The maximum absolute atomic E-state index is 11.8. The number of hydrogen-bond donors (Lipinski definition) is 0. The van der Waals surface area contributed by atoms with Gasteiger partial charge in [0.25, 0.3) is 0 Å². The van der Waals surface area contributed by atoms with E-state index >= 15 is 0 Å². The lowest BCUT2D eigenvalue weighted by molar-refractivity contribution is -0.161. The van der Waals surface area contributed by atoms with Gasteiger partial charge < -0.3 is 9.47 Å². The van der Waals surface area contributed by atoms with E-state index in [-0.39, 0.29) is 19.6 Å². The van der Waals surface area contributed by atoms with E-state index in [0.29, 0.717) is 0 Å². The second-order valence-electron chi connectivity index (χ2n) is 4.13. The first-order chi connectivity index (χ1) is 9.08. The number of rotatable bonds is 6. The van der Waals surface area contributed by atoms with Crippen molar-refractivity contribution in [1.29, 1.82) is 0 Å². The molecule has 5 heteroatoms. The number of pyridine rings is 1. The van der Waals surface area contributed by atoms with E-state index in [0.717, 1.165) is 11.1 Å². The molecule has 0 saturated carbocycles. The van der Waals surface area contributed by atoms with Crippen LogP contribution in [0, 0.1) is 12.8 Å². The molecular formula is C14H19NO4. The molecule has 0 amide bonds. The highest BCUT2D eigenvalue weighted by molar-refractivity contribution is 5.95. The molecule has 0 aromatic carbocycles. The molecule has 0 radical (unpaired) electrons. The molecule has 1 rings (SSSR count). The Kier molecular flexibility index (Phi) is 5.99. The Bertz CT molecular complexity index is 427. The van der Waals surface area contributed by atoms with Crippen molar-refractivity contribution in [2.45, 2.75) is 27.2 Å². The third-order valence-corrected chi connectivity index (χ3v) is 2.51. The Morgan fingerprint density at radius 3 is 2.21 bits per heavy atom. The zero-order valence-electron chi connectivity index (χ0n) is 11.5. The fraction of sp³-hybridized carbons (Fsp3) is 0.500. The van der Waals surface area contributed by atoms with Crippen LogP contribution in [0.25, 0.3) is 0 Å². The number of aromatic nitrogens is 1. The normalized spacial score (nSPS) is 10.3. The van der Waals surface area contributed by atoms with Gasteiger partial charge in [-0.1, -0.05) is 6.07 Å². The van der Waals surface area contributed by atoms with Gasteiger partial charge in [0.2, 0.25) is 0 Å². The minimum atomic E-state index is -0.927. The number of aryl methyl sites for hydroxylation is 1. The molecule has 0 aliphatic carbocycles. The van der Waals surface area contributed by atoms with Crippen LogP contribution in [0.4, 0.5) is 0 Å². The molecule has 0 saturated heterocycles. The summed E-state index contributed by atoms with van der Waals surface area (Å²) in [6, 6.07) is 1.89. The van der Waals surface area contributed by atoms with E-state index < -0.39 is 17.9 Å². The van der Waals surface area contributed by atoms with Gasteiger partial charge in [0, 0.05) is 12.4 Å². The van der Waals surface area contributed by atoms with Crippen LogP contribution in [0.3, 0.4) is 0 Å². The summed E-state index contributed by atoms with van der Waals surface area (Å²) >= 11 is 0. The smallest absolute Gasteiger partial charge is 0.320 e. The second kappa shape index (κ2) is 7.51. The number of carbonyl (C=O) groups excluding carboxylic acids is 2. The molecular weight excluding hydrogens is 246 g/mol. The second-order valence-corrected chi connectivity index (χ2v) is 4.13.